The van der Waals surface area contributed by atoms with E-state index in [0.717, 1.165) is 18.6 Å². The summed E-state index contributed by atoms with van der Waals surface area (Å²) in [6, 6.07) is 8.18. The van der Waals surface area contributed by atoms with Crippen LogP contribution in [0.15, 0.2) is 30.5 Å². The first kappa shape index (κ1) is 15.0. The van der Waals surface area contributed by atoms with Crippen LogP contribution in [0.1, 0.15) is 5.56 Å². The number of fused-ring (bicyclic) bond motifs is 1. The molecule has 1 aromatic carbocycles. The van der Waals surface area contributed by atoms with Crippen LogP contribution in [0.2, 0.25) is 0 Å². The zero-order valence-corrected chi connectivity index (χ0v) is 11.7. The van der Waals surface area contributed by atoms with Gasteiger partial charge in [0, 0.05) is 37.3 Å². The largest absolute Gasteiger partial charge is 0.394 e. The van der Waals surface area contributed by atoms with E-state index in [1.165, 1.54) is 10.9 Å². The first-order valence-corrected chi connectivity index (χ1v) is 6.81. The number of nitrogens with zero attached hydrogens (tertiary/aromatic N) is 1. The third-order valence-electron chi connectivity index (χ3n) is 3.32. The van der Waals surface area contributed by atoms with E-state index < -0.39 is 6.10 Å². The van der Waals surface area contributed by atoms with Gasteiger partial charge in [0.05, 0.1) is 25.9 Å². The molecule has 0 fully saturated rings. The van der Waals surface area contributed by atoms with Crippen molar-refractivity contribution in [1.29, 1.82) is 0 Å². The van der Waals surface area contributed by atoms with Gasteiger partial charge in [0.25, 0.3) is 0 Å². The molecule has 20 heavy (non-hydrogen) atoms. The fourth-order valence-corrected chi connectivity index (χ4v) is 2.28. The second-order valence-corrected chi connectivity index (χ2v) is 4.82. The number of hydrogen-bond donors (Lipinski definition) is 3. The maximum Gasteiger partial charge on any atom is 0.0949 e. The van der Waals surface area contributed by atoms with Crippen LogP contribution in [0.5, 0.6) is 0 Å². The highest BCUT2D eigenvalue weighted by Crippen LogP contribution is 2.20. The summed E-state index contributed by atoms with van der Waals surface area (Å²) in [4.78, 5) is 0. The van der Waals surface area contributed by atoms with E-state index in [2.05, 4.69) is 11.4 Å². The molecular formula is C15H22N2O3. The summed E-state index contributed by atoms with van der Waals surface area (Å²) in [6.07, 6.45) is 1.22. The van der Waals surface area contributed by atoms with Gasteiger partial charge in [0.2, 0.25) is 0 Å². The lowest BCUT2D eigenvalue weighted by atomic mass is 10.1. The Morgan fingerprint density at radius 1 is 1.35 bits per heavy atom. The van der Waals surface area contributed by atoms with E-state index >= 15 is 0 Å². The van der Waals surface area contributed by atoms with Crippen LogP contribution in [0.4, 0.5) is 0 Å². The fourth-order valence-electron chi connectivity index (χ4n) is 2.28. The predicted octanol–water partition coefficient (Wildman–Crippen LogP) is 0.730. The van der Waals surface area contributed by atoms with Crippen molar-refractivity contribution in [1.82, 2.24) is 9.88 Å². The summed E-state index contributed by atoms with van der Waals surface area (Å²) in [5.41, 5.74) is 2.29. The average Bonchev–Trinajstić information content (AvgIpc) is 2.87. The summed E-state index contributed by atoms with van der Waals surface area (Å²) < 4.78 is 6.98. The molecule has 5 heteroatoms. The lowest BCUT2D eigenvalue weighted by Crippen LogP contribution is -2.19. The lowest BCUT2D eigenvalue weighted by molar-refractivity contribution is 0.0822. The average molecular weight is 278 g/mol. The van der Waals surface area contributed by atoms with Crippen molar-refractivity contribution in [2.45, 2.75) is 19.2 Å². The van der Waals surface area contributed by atoms with Gasteiger partial charge in [-0.15, -0.1) is 0 Å². The molecule has 1 unspecified atom stereocenters. The SMILES string of the molecule is COCCNCc1cccc2c1ccn2CC(O)CO. The number of aliphatic hydroxyl groups is 2. The normalized spacial score (nSPS) is 12.9. The van der Waals surface area contributed by atoms with Crippen LogP contribution in [0.3, 0.4) is 0 Å². The molecule has 0 amide bonds. The molecule has 0 saturated heterocycles. The third-order valence-corrected chi connectivity index (χ3v) is 3.32. The molecule has 2 rings (SSSR count). The minimum absolute atomic E-state index is 0.224. The monoisotopic (exact) mass is 278 g/mol. The zero-order chi connectivity index (χ0) is 14.4. The molecule has 0 saturated carbocycles. The quantitative estimate of drug-likeness (QED) is 0.623. The van der Waals surface area contributed by atoms with Crippen molar-refractivity contribution in [3.8, 4) is 0 Å². The van der Waals surface area contributed by atoms with Gasteiger partial charge in [0.1, 0.15) is 0 Å². The maximum atomic E-state index is 9.56. The third kappa shape index (κ3) is 3.58. The zero-order valence-electron chi connectivity index (χ0n) is 11.7. The van der Waals surface area contributed by atoms with Gasteiger partial charge >= 0.3 is 0 Å². The number of methoxy groups -OCH3 is 1. The first-order chi connectivity index (χ1) is 9.76. The van der Waals surface area contributed by atoms with E-state index in [-0.39, 0.29) is 6.61 Å². The van der Waals surface area contributed by atoms with E-state index in [0.29, 0.717) is 13.2 Å². The Hall–Kier alpha value is -1.40. The maximum absolute atomic E-state index is 9.56. The molecule has 0 aliphatic rings. The van der Waals surface area contributed by atoms with Gasteiger partial charge < -0.3 is 24.8 Å². The van der Waals surface area contributed by atoms with Gasteiger partial charge in [-0.25, -0.2) is 0 Å². The number of ether oxygens (including phenoxy) is 1. The number of nitrogens with one attached hydrogen (secondary N) is 1. The molecule has 0 bridgehead atoms. The van der Waals surface area contributed by atoms with Gasteiger partial charge in [-0.1, -0.05) is 12.1 Å². The molecule has 110 valence electrons. The van der Waals surface area contributed by atoms with Crippen LogP contribution < -0.4 is 5.32 Å². The molecule has 3 N–H and O–H groups in total. The van der Waals surface area contributed by atoms with Gasteiger partial charge in [-0.3, -0.25) is 0 Å². The highest BCUT2D eigenvalue weighted by atomic mass is 16.5. The van der Waals surface area contributed by atoms with Crippen LogP contribution >= 0.6 is 0 Å². The predicted molar refractivity (Wildman–Crippen MR) is 78.6 cm³/mol. The number of hydrogen-bond acceptors (Lipinski definition) is 4. The molecule has 5 nitrogen and oxygen atoms in total. The number of aliphatic hydroxyl groups excluding tert-OH is 2. The topological polar surface area (TPSA) is 66.7 Å². The second-order valence-electron chi connectivity index (χ2n) is 4.82. The summed E-state index contributed by atoms with van der Waals surface area (Å²) in [5, 5.41) is 23.0. The van der Waals surface area contributed by atoms with E-state index in [1.54, 1.807) is 7.11 Å². The minimum Gasteiger partial charge on any atom is -0.394 e. The van der Waals surface area contributed by atoms with Crippen molar-refractivity contribution >= 4 is 10.9 Å². The molecule has 0 spiro atoms. The number of rotatable bonds is 8. The summed E-state index contributed by atoms with van der Waals surface area (Å²) in [7, 11) is 1.69. The Labute approximate surface area is 118 Å². The van der Waals surface area contributed by atoms with Gasteiger partial charge in [-0.05, 0) is 17.7 Å². The highest BCUT2D eigenvalue weighted by Gasteiger charge is 2.08. The molecule has 1 aromatic heterocycles. The molecule has 1 atom stereocenters. The molecule has 0 aliphatic carbocycles. The number of benzene rings is 1. The van der Waals surface area contributed by atoms with Crippen molar-refractivity contribution in [2.24, 2.45) is 0 Å². The van der Waals surface area contributed by atoms with E-state index in [1.807, 2.05) is 29.0 Å². The molecule has 2 aromatic rings. The Morgan fingerprint density at radius 2 is 2.20 bits per heavy atom. The Balaban J connectivity index is 2.12. The van der Waals surface area contributed by atoms with Crippen molar-refractivity contribution in [2.75, 3.05) is 26.9 Å². The first-order valence-electron chi connectivity index (χ1n) is 6.81. The van der Waals surface area contributed by atoms with Crippen molar-refractivity contribution in [3.63, 3.8) is 0 Å². The summed E-state index contributed by atoms with van der Waals surface area (Å²) in [5.74, 6) is 0. The van der Waals surface area contributed by atoms with Crippen LogP contribution in [0, 0.1) is 0 Å². The molecule has 0 radical (unpaired) electrons. The van der Waals surface area contributed by atoms with E-state index in [9.17, 15) is 5.11 Å². The highest BCUT2D eigenvalue weighted by molar-refractivity contribution is 5.83. The molecule has 1 heterocycles. The second kappa shape index (κ2) is 7.40. The van der Waals surface area contributed by atoms with Gasteiger partial charge in [-0.2, -0.15) is 0 Å². The Morgan fingerprint density at radius 3 is 2.95 bits per heavy atom. The van der Waals surface area contributed by atoms with Crippen LogP contribution in [0.25, 0.3) is 10.9 Å². The summed E-state index contributed by atoms with van der Waals surface area (Å²) in [6.45, 7) is 2.47. The number of aromatic nitrogens is 1. The van der Waals surface area contributed by atoms with Gasteiger partial charge in [0.15, 0.2) is 0 Å². The molecular weight excluding hydrogens is 256 g/mol. The Bertz CT molecular complexity index is 539. The summed E-state index contributed by atoms with van der Waals surface area (Å²) >= 11 is 0. The van der Waals surface area contributed by atoms with Crippen LogP contribution in [-0.4, -0.2) is 47.8 Å². The standard InChI is InChI=1S/C15H22N2O3/c1-20-8-6-16-9-12-3-2-4-15-14(12)5-7-17(15)10-13(19)11-18/h2-5,7,13,16,18-19H,6,8-11H2,1H3. The minimum atomic E-state index is -0.728. The Kier molecular flexibility index (Phi) is 5.55. The fraction of sp³-hybridized carbons (Fsp3) is 0.467. The van der Waals surface area contributed by atoms with Crippen LogP contribution in [-0.2, 0) is 17.8 Å². The van der Waals surface area contributed by atoms with Crippen molar-refractivity contribution < 1.29 is 14.9 Å². The van der Waals surface area contributed by atoms with Crippen molar-refractivity contribution in [3.05, 3.63) is 36.0 Å². The smallest absolute Gasteiger partial charge is 0.0949 e. The lowest BCUT2D eigenvalue weighted by Gasteiger charge is -2.11. The van der Waals surface area contributed by atoms with E-state index in [4.69, 9.17) is 9.84 Å². The molecule has 0 aliphatic heterocycles.